The number of rotatable bonds is 9. The molecule has 0 aliphatic carbocycles. The molecule has 0 aliphatic heterocycles. The third kappa shape index (κ3) is 7.13. The van der Waals surface area contributed by atoms with Crippen LogP contribution >= 0.6 is 0 Å². The minimum absolute atomic E-state index is 0.0828. The van der Waals surface area contributed by atoms with Gasteiger partial charge in [-0.15, -0.1) is 0 Å². The Kier molecular flexibility index (Phi) is 8.02. The summed E-state index contributed by atoms with van der Waals surface area (Å²) in [4.78, 5) is 13.9. The van der Waals surface area contributed by atoms with Gasteiger partial charge in [0.05, 0.1) is 18.4 Å². The van der Waals surface area contributed by atoms with Crippen LogP contribution in [0.4, 0.5) is 13.2 Å². The maximum atomic E-state index is 13.0. The third-order valence-electron chi connectivity index (χ3n) is 5.38. The summed E-state index contributed by atoms with van der Waals surface area (Å²) in [6, 6.07) is 22.0. The fourth-order valence-corrected chi connectivity index (χ4v) is 4.53. The van der Waals surface area contributed by atoms with Gasteiger partial charge in [-0.1, -0.05) is 48.5 Å². The quantitative estimate of drug-likeness (QED) is 0.183. The van der Waals surface area contributed by atoms with Crippen LogP contribution < -0.4 is 4.18 Å². The van der Waals surface area contributed by atoms with E-state index in [2.05, 4.69) is 0 Å². The molecule has 0 aliphatic rings. The Morgan fingerprint density at radius 3 is 2.37 bits per heavy atom. The van der Waals surface area contributed by atoms with Gasteiger partial charge in [0.25, 0.3) is 0 Å². The number of alkyl halides is 3. The van der Waals surface area contributed by atoms with E-state index >= 15 is 0 Å². The predicted octanol–water partition coefficient (Wildman–Crippen LogP) is 6.31. The molecule has 1 heterocycles. The summed E-state index contributed by atoms with van der Waals surface area (Å²) in [6.45, 7) is 0.234. The molecule has 0 N–H and O–H groups in total. The molecule has 1 aromatic heterocycles. The van der Waals surface area contributed by atoms with Crippen molar-refractivity contribution < 1.29 is 35.0 Å². The number of nitrogens with zero attached hydrogens (tertiary/aromatic N) is 1. The van der Waals surface area contributed by atoms with E-state index in [1.54, 1.807) is 24.3 Å². The first-order valence-electron chi connectivity index (χ1n) is 11.4. The van der Waals surface area contributed by atoms with Crippen molar-refractivity contribution in [1.82, 2.24) is 4.90 Å². The summed E-state index contributed by atoms with van der Waals surface area (Å²) >= 11 is 0. The highest BCUT2D eigenvalue weighted by Gasteiger charge is 2.32. The number of carbonyl (C=O) groups is 1. The van der Waals surface area contributed by atoms with Crippen LogP contribution in [0.2, 0.25) is 0 Å². The van der Waals surface area contributed by atoms with Crippen molar-refractivity contribution in [1.29, 1.82) is 0 Å². The van der Waals surface area contributed by atoms with Crippen molar-refractivity contribution in [2.45, 2.75) is 24.2 Å². The molecule has 0 saturated heterocycles. The Bertz CT molecular complexity index is 1520. The SMILES string of the molecule is O=C(C=Cc1ccccc1)N(Cc1cccc(OS(=O)(=O)c2cccc(C(F)(F)F)c2)c1)Cc1ccco1. The molecule has 38 heavy (non-hydrogen) atoms. The number of benzene rings is 3. The molecule has 4 rings (SSSR count). The van der Waals surface area contributed by atoms with Crippen molar-refractivity contribution in [3.05, 3.63) is 126 Å². The van der Waals surface area contributed by atoms with Gasteiger partial charge < -0.3 is 13.5 Å². The number of carbonyl (C=O) groups excluding carboxylic acids is 1. The van der Waals surface area contributed by atoms with Crippen LogP contribution in [-0.4, -0.2) is 19.2 Å². The highest BCUT2D eigenvalue weighted by atomic mass is 32.2. The molecule has 0 bridgehead atoms. The van der Waals surface area contributed by atoms with Gasteiger partial charge >= 0.3 is 16.3 Å². The summed E-state index contributed by atoms with van der Waals surface area (Å²) in [5.41, 5.74) is 0.273. The van der Waals surface area contributed by atoms with Crippen molar-refractivity contribution in [3.63, 3.8) is 0 Å². The average molecular weight is 542 g/mol. The lowest BCUT2D eigenvalue weighted by Gasteiger charge is -2.20. The second-order valence-corrected chi connectivity index (χ2v) is 9.77. The van der Waals surface area contributed by atoms with E-state index in [1.807, 2.05) is 30.3 Å². The molecule has 0 radical (unpaired) electrons. The van der Waals surface area contributed by atoms with E-state index < -0.39 is 26.8 Å². The summed E-state index contributed by atoms with van der Waals surface area (Å²) in [5, 5.41) is 0. The monoisotopic (exact) mass is 541 g/mol. The predicted molar refractivity (Wildman–Crippen MR) is 134 cm³/mol. The van der Waals surface area contributed by atoms with E-state index in [0.29, 0.717) is 17.4 Å². The lowest BCUT2D eigenvalue weighted by molar-refractivity contribution is -0.137. The molecule has 0 fully saturated rings. The zero-order valence-corrected chi connectivity index (χ0v) is 20.7. The smallest absolute Gasteiger partial charge is 0.416 e. The largest absolute Gasteiger partial charge is 0.467 e. The van der Waals surface area contributed by atoms with Gasteiger partial charge in [0.2, 0.25) is 5.91 Å². The van der Waals surface area contributed by atoms with Crippen molar-refractivity contribution >= 4 is 22.1 Å². The summed E-state index contributed by atoms with van der Waals surface area (Å²) in [6.07, 6.45) is -0.106. The van der Waals surface area contributed by atoms with E-state index in [1.165, 1.54) is 35.4 Å². The van der Waals surface area contributed by atoms with Crippen LogP contribution in [0.5, 0.6) is 5.75 Å². The first-order valence-corrected chi connectivity index (χ1v) is 12.8. The highest BCUT2D eigenvalue weighted by molar-refractivity contribution is 7.87. The van der Waals surface area contributed by atoms with Crippen LogP contribution in [-0.2, 0) is 34.2 Å². The van der Waals surface area contributed by atoms with Crippen LogP contribution in [0, 0.1) is 0 Å². The van der Waals surface area contributed by atoms with Crippen LogP contribution in [0.1, 0.15) is 22.5 Å². The van der Waals surface area contributed by atoms with Gasteiger partial charge in [-0.3, -0.25) is 4.79 Å². The molecular formula is C28H22F3NO5S. The lowest BCUT2D eigenvalue weighted by atomic mass is 10.2. The number of hydrogen-bond donors (Lipinski definition) is 0. The second kappa shape index (κ2) is 11.4. The van der Waals surface area contributed by atoms with E-state index in [4.69, 9.17) is 8.60 Å². The topological polar surface area (TPSA) is 76.8 Å². The lowest BCUT2D eigenvalue weighted by Crippen LogP contribution is -2.28. The molecule has 4 aromatic rings. The summed E-state index contributed by atoms with van der Waals surface area (Å²) < 4.78 is 75.0. The minimum atomic E-state index is -4.70. The number of hydrogen-bond acceptors (Lipinski definition) is 5. The van der Waals surface area contributed by atoms with Crippen LogP contribution in [0.3, 0.4) is 0 Å². The van der Waals surface area contributed by atoms with Crippen molar-refractivity contribution in [3.8, 4) is 5.75 Å². The van der Waals surface area contributed by atoms with E-state index in [9.17, 15) is 26.4 Å². The molecule has 10 heteroatoms. The molecule has 6 nitrogen and oxygen atoms in total. The first kappa shape index (κ1) is 26.7. The zero-order chi connectivity index (χ0) is 27.2. The fraction of sp³-hybridized carbons (Fsp3) is 0.107. The Hall–Kier alpha value is -4.31. The van der Waals surface area contributed by atoms with Gasteiger partial charge in [-0.05, 0) is 59.7 Å². The Morgan fingerprint density at radius 1 is 0.895 bits per heavy atom. The average Bonchev–Trinajstić information content (AvgIpc) is 3.40. The molecule has 196 valence electrons. The molecule has 0 saturated carbocycles. The molecule has 0 spiro atoms. The maximum Gasteiger partial charge on any atom is 0.416 e. The number of furan rings is 1. The van der Waals surface area contributed by atoms with Crippen molar-refractivity contribution in [2.75, 3.05) is 0 Å². The highest BCUT2D eigenvalue weighted by Crippen LogP contribution is 2.31. The van der Waals surface area contributed by atoms with Crippen molar-refractivity contribution in [2.24, 2.45) is 0 Å². The van der Waals surface area contributed by atoms with E-state index in [0.717, 1.165) is 23.8 Å². The Labute approximate surface area is 217 Å². The number of halogens is 3. The van der Waals surface area contributed by atoms with Crippen LogP contribution in [0.25, 0.3) is 6.08 Å². The maximum absolute atomic E-state index is 13.0. The molecule has 3 aromatic carbocycles. The summed E-state index contributed by atoms with van der Waals surface area (Å²) in [7, 11) is -4.54. The second-order valence-electron chi connectivity index (χ2n) is 8.23. The molecule has 0 atom stereocenters. The molecule has 1 amide bonds. The standard InChI is InChI=1S/C28H22F3NO5S/c29-28(30,31)23-10-5-13-26(18-23)38(34,35)37-24-11-4-9-22(17-24)19-32(20-25-12-6-16-36-25)27(33)15-14-21-7-2-1-3-8-21/h1-18H,19-20H2. The van der Waals surface area contributed by atoms with Gasteiger partial charge in [0.15, 0.2) is 0 Å². The minimum Gasteiger partial charge on any atom is -0.467 e. The number of amides is 1. The van der Waals surface area contributed by atoms with E-state index in [-0.39, 0.29) is 24.7 Å². The Balaban J connectivity index is 1.54. The van der Waals surface area contributed by atoms with Gasteiger partial charge in [-0.2, -0.15) is 21.6 Å². The Morgan fingerprint density at radius 2 is 1.66 bits per heavy atom. The van der Waals surface area contributed by atoms with Gasteiger partial charge in [0.1, 0.15) is 16.4 Å². The normalized spacial score (nSPS) is 12.0. The summed E-state index contributed by atoms with van der Waals surface area (Å²) in [5.74, 6) is 0.129. The molecular weight excluding hydrogens is 519 g/mol. The van der Waals surface area contributed by atoms with Gasteiger partial charge in [-0.25, -0.2) is 0 Å². The van der Waals surface area contributed by atoms with Gasteiger partial charge in [0, 0.05) is 12.6 Å². The third-order valence-corrected chi connectivity index (χ3v) is 6.63. The first-order chi connectivity index (χ1) is 18.1. The fourth-order valence-electron chi connectivity index (χ4n) is 3.56. The zero-order valence-electron chi connectivity index (χ0n) is 19.8. The molecule has 0 unspecified atom stereocenters. The van der Waals surface area contributed by atoms with Crippen LogP contribution in [0.15, 0.2) is 113 Å².